The highest BCUT2D eigenvalue weighted by molar-refractivity contribution is 7.92. The average Bonchev–Trinajstić information content (AvgIpc) is 2.66. The van der Waals surface area contributed by atoms with Gasteiger partial charge in [-0.25, -0.2) is 8.42 Å². The number of hydrogen-bond donors (Lipinski definition) is 1. The number of anilines is 1. The summed E-state index contributed by atoms with van der Waals surface area (Å²) >= 11 is 5.88. The molecule has 2 aromatic carbocycles. The third-order valence-corrected chi connectivity index (χ3v) is 6.37. The van der Waals surface area contributed by atoms with Crippen molar-refractivity contribution in [1.82, 2.24) is 5.32 Å². The van der Waals surface area contributed by atoms with E-state index in [1.807, 2.05) is 63.2 Å². The molecule has 0 saturated heterocycles. The molecule has 0 atom stereocenters. The molecule has 0 heterocycles. The van der Waals surface area contributed by atoms with Gasteiger partial charge < -0.3 is 5.32 Å². The van der Waals surface area contributed by atoms with Gasteiger partial charge in [0.25, 0.3) is 0 Å². The maximum atomic E-state index is 12.5. The fourth-order valence-electron chi connectivity index (χ4n) is 3.40. The van der Waals surface area contributed by atoms with E-state index in [1.165, 1.54) is 10.6 Å². The minimum atomic E-state index is -3.46. The first kappa shape index (κ1) is 24.2. The van der Waals surface area contributed by atoms with E-state index in [4.69, 9.17) is 11.6 Å². The minimum absolute atomic E-state index is 0.0775. The molecule has 164 valence electrons. The standard InChI is InChI=1S/C23H31ClN2O3S/c1-17(2)21-8-5-7-18(3)23(21)26(30(4,28)29)16-6-9-22(27)25-15-14-19-10-12-20(24)13-11-19/h5,7-8,10-13,17H,6,9,14-16H2,1-4H3,(H,25,27). The van der Waals surface area contributed by atoms with Crippen molar-refractivity contribution in [3.05, 3.63) is 64.2 Å². The van der Waals surface area contributed by atoms with Crippen LogP contribution >= 0.6 is 11.6 Å². The van der Waals surface area contributed by atoms with Gasteiger partial charge in [0, 0.05) is 24.5 Å². The van der Waals surface area contributed by atoms with Gasteiger partial charge in [0.1, 0.15) is 0 Å². The van der Waals surface area contributed by atoms with Crippen molar-refractivity contribution in [2.75, 3.05) is 23.7 Å². The highest BCUT2D eigenvalue weighted by atomic mass is 35.5. The Morgan fingerprint density at radius 1 is 1.13 bits per heavy atom. The SMILES string of the molecule is Cc1cccc(C(C)C)c1N(CCCC(=O)NCCc1ccc(Cl)cc1)S(C)(=O)=O. The number of amides is 1. The van der Waals surface area contributed by atoms with Gasteiger partial charge in [-0.1, -0.05) is 55.8 Å². The summed E-state index contributed by atoms with van der Waals surface area (Å²) in [5, 5.41) is 3.59. The van der Waals surface area contributed by atoms with Crippen LogP contribution in [0, 0.1) is 6.92 Å². The van der Waals surface area contributed by atoms with Crippen LogP contribution in [0.25, 0.3) is 0 Å². The summed E-state index contributed by atoms with van der Waals surface area (Å²) in [5.74, 6) is 0.117. The van der Waals surface area contributed by atoms with Crippen LogP contribution in [0.3, 0.4) is 0 Å². The van der Waals surface area contributed by atoms with Crippen molar-refractivity contribution in [2.24, 2.45) is 0 Å². The fourth-order valence-corrected chi connectivity index (χ4v) is 4.57. The van der Waals surface area contributed by atoms with Crippen molar-refractivity contribution in [3.8, 4) is 0 Å². The zero-order valence-electron chi connectivity index (χ0n) is 18.1. The second-order valence-electron chi connectivity index (χ2n) is 7.83. The number of carbonyl (C=O) groups is 1. The highest BCUT2D eigenvalue weighted by Crippen LogP contribution is 2.32. The van der Waals surface area contributed by atoms with Crippen LogP contribution in [-0.2, 0) is 21.2 Å². The first-order chi connectivity index (χ1) is 14.1. The lowest BCUT2D eigenvalue weighted by atomic mass is 9.98. The zero-order valence-corrected chi connectivity index (χ0v) is 19.7. The van der Waals surface area contributed by atoms with E-state index in [-0.39, 0.29) is 24.8 Å². The second kappa shape index (κ2) is 10.8. The zero-order chi connectivity index (χ0) is 22.3. The highest BCUT2D eigenvalue weighted by Gasteiger charge is 2.23. The number of benzene rings is 2. The second-order valence-corrected chi connectivity index (χ2v) is 10.2. The third kappa shape index (κ3) is 7.03. The van der Waals surface area contributed by atoms with Gasteiger partial charge in [-0.3, -0.25) is 9.10 Å². The average molecular weight is 451 g/mol. The number of nitrogens with zero attached hydrogens (tertiary/aromatic N) is 1. The Hall–Kier alpha value is -2.05. The van der Waals surface area contributed by atoms with Gasteiger partial charge in [0.05, 0.1) is 11.9 Å². The van der Waals surface area contributed by atoms with Crippen molar-refractivity contribution in [3.63, 3.8) is 0 Å². The normalized spacial score (nSPS) is 11.5. The Kier molecular flexibility index (Phi) is 8.74. The lowest BCUT2D eigenvalue weighted by molar-refractivity contribution is -0.121. The molecule has 0 aliphatic carbocycles. The molecule has 0 radical (unpaired) electrons. The fraction of sp³-hybridized carbons (Fsp3) is 0.435. The molecule has 30 heavy (non-hydrogen) atoms. The number of para-hydroxylation sites is 1. The lowest BCUT2D eigenvalue weighted by Gasteiger charge is -2.28. The Labute approximate surface area is 185 Å². The largest absolute Gasteiger partial charge is 0.356 e. The Morgan fingerprint density at radius 3 is 2.40 bits per heavy atom. The molecule has 2 rings (SSSR count). The predicted molar refractivity (Wildman–Crippen MR) is 125 cm³/mol. The van der Waals surface area contributed by atoms with Gasteiger partial charge in [-0.15, -0.1) is 0 Å². The van der Waals surface area contributed by atoms with Crippen LogP contribution in [0.2, 0.25) is 5.02 Å². The number of aryl methyl sites for hydroxylation is 1. The summed E-state index contributed by atoms with van der Waals surface area (Å²) in [6.07, 6.45) is 2.66. The molecule has 0 aliphatic rings. The van der Waals surface area contributed by atoms with Crippen LogP contribution in [0.15, 0.2) is 42.5 Å². The van der Waals surface area contributed by atoms with E-state index in [9.17, 15) is 13.2 Å². The number of halogens is 1. The molecule has 0 bridgehead atoms. The van der Waals surface area contributed by atoms with Crippen molar-refractivity contribution in [1.29, 1.82) is 0 Å². The number of rotatable bonds is 10. The predicted octanol–water partition coefficient (Wildman–Crippen LogP) is 4.68. The molecule has 1 N–H and O–H groups in total. The van der Waals surface area contributed by atoms with Gasteiger partial charge in [-0.2, -0.15) is 0 Å². The molecule has 0 fully saturated rings. The van der Waals surface area contributed by atoms with Crippen molar-refractivity contribution in [2.45, 2.75) is 46.0 Å². The van der Waals surface area contributed by atoms with E-state index >= 15 is 0 Å². The van der Waals surface area contributed by atoms with Crippen molar-refractivity contribution >= 4 is 33.2 Å². The lowest BCUT2D eigenvalue weighted by Crippen LogP contribution is -2.33. The van der Waals surface area contributed by atoms with Crippen LogP contribution in [0.5, 0.6) is 0 Å². The maximum absolute atomic E-state index is 12.5. The molecule has 1 amide bonds. The van der Waals surface area contributed by atoms with E-state index in [2.05, 4.69) is 5.32 Å². The van der Waals surface area contributed by atoms with Gasteiger partial charge in [0.15, 0.2) is 0 Å². The number of carbonyl (C=O) groups excluding carboxylic acids is 1. The Morgan fingerprint density at radius 2 is 1.80 bits per heavy atom. The molecular weight excluding hydrogens is 420 g/mol. The summed E-state index contributed by atoms with van der Waals surface area (Å²) < 4.78 is 26.5. The molecule has 0 aliphatic heterocycles. The summed E-state index contributed by atoms with van der Waals surface area (Å²) in [6, 6.07) is 13.4. The molecule has 0 unspecified atom stereocenters. The first-order valence-electron chi connectivity index (χ1n) is 10.2. The Balaban J connectivity index is 1.95. The Bertz CT molecular complexity index is 957. The van der Waals surface area contributed by atoms with Gasteiger partial charge >= 0.3 is 0 Å². The third-order valence-electron chi connectivity index (χ3n) is 4.95. The van der Waals surface area contributed by atoms with E-state index in [0.717, 1.165) is 28.8 Å². The van der Waals surface area contributed by atoms with Crippen LogP contribution in [-0.4, -0.2) is 33.7 Å². The molecule has 2 aromatic rings. The number of hydrogen-bond acceptors (Lipinski definition) is 3. The summed E-state index contributed by atoms with van der Waals surface area (Å²) in [6.45, 7) is 6.82. The molecular formula is C23H31ClN2O3S. The number of sulfonamides is 1. The van der Waals surface area contributed by atoms with Gasteiger partial charge in [-0.05, 0) is 54.5 Å². The van der Waals surface area contributed by atoms with Crippen LogP contribution in [0.4, 0.5) is 5.69 Å². The van der Waals surface area contributed by atoms with Crippen LogP contribution in [0.1, 0.15) is 49.3 Å². The molecule has 7 heteroatoms. The first-order valence-corrected chi connectivity index (χ1v) is 12.4. The van der Waals surface area contributed by atoms with E-state index < -0.39 is 10.0 Å². The monoisotopic (exact) mass is 450 g/mol. The van der Waals surface area contributed by atoms with E-state index in [1.54, 1.807) is 0 Å². The maximum Gasteiger partial charge on any atom is 0.232 e. The molecule has 0 saturated carbocycles. The minimum Gasteiger partial charge on any atom is -0.356 e. The van der Waals surface area contributed by atoms with E-state index in [0.29, 0.717) is 18.0 Å². The quantitative estimate of drug-likeness (QED) is 0.571. The topological polar surface area (TPSA) is 66.5 Å². The molecule has 0 spiro atoms. The number of nitrogens with one attached hydrogen (secondary N) is 1. The summed E-state index contributed by atoms with van der Waals surface area (Å²) in [7, 11) is -3.46. The van der Waals surface area contributed by atoms with Crippen LogP contribution < -0.4 is 9.62 Å². The molecule has 5 nitrogen and oxygen atoms in total. The van der Waals surface area contributed by atoms with Gasteiger partial charge in [0.2, 0.25) is 15.9 Å². The summed E-state index contributed by atoms with van der Waals surface area (Å²) in [5.41, 5.74) is 3.74. The van der Waals surface area contributed by atoms with Crippen molar-refractivity contribution < 1.29 is 13.2 Å². The smallest absolute Gasteiger partial charge is 0.232 e. The summed E-state index contributed by atoms with van der Waals surface area (Å²) in [4.78, 5) is 12.2. The molecule has 0 aromatic heterocycles.